The van der Waals surface area contributed by atoms with E-state index in [9.17, 15) is 18.0 Å². The van der Waals surface area contributed by atoms with E-state index in [1.54, 1.807) is 24.3 Å². The molecule has 168 valence electrons. The Labute approximate surface area is 192 Å². The molecule has 0 bridgehead atoms. The molecule has 0 unspecified atom stereocenters. The van der Waals surface area contributed by atoms with Crippen molar-refractivity contribution in [1.29, 1.82) is 0 Å². The van der Waals surface area contributed by atoms with Crippen LogP contribution in [-0.2, 0) is 0 Å². The summed E-state index contributed by atoms with van der Waals surface area (Å²) in [5, 5.41) is 3.60. The number of aromatic nitrogens is 1. The first kappa shape index (κ1) is 25.0. The van der Waals surface area contributed by atoms with E-state index in [4.69, 9.17) is 11.6 Å². The van der Waals surface area contributed by atoms with E-state index in [0.717, 1.165) is 11.3 Å². The number of nitrogens with one attached hydrogen (secondary N) is 1. The molecule has 1 N–H and O–H groups in total. The maximum absolute atomic E-state index is 12.9. The Morgan fingerprint density at radius 1 is 1.19 bits per heavy atom. The summed E-state index contributed by atoms with van der Waals surface area (Å²) < 4.78 is 41.9. The predicted molar refractivity (Wildman–Crippen MR) is 120 cm³/mol. The minimum Gasteiger partial charge on any atom is -0.406 e. The van der Waals surface area contributed by atoms with Gasteiger partial charge in [0.2, 0.25) is 0 Å². The van der Waals surface area contributed by atoms with Crippen LogP contribution in [0.1, 0.15) is 0 Å². The number of amides is 2. The molecule has 0 saturated carbocycles. The van der Waals surface area contributed by atoms with Crippen LogP contribution in [0.25, 0.3) is 10.2 Å². The molecule has 0 atom stereocenters. The summed E-state index contributed by atoms with van der Waals surface area (Å²) in [5.74, 6) is -0.339. The molecule has 2 amide bonds. The van der Waals surface area contributed by atoms with Crippen molar-refractivity contribution in [3.63, 3.8) is 0 Å². The van der Waals surface area contributed by atoms with Crippen LogP contribution in [0.3, 0.4) is 0 Å². The third-order valence-electron chi connectivity index (χ3n) is 3.90. The second-order valence-electron chi connectivity index (χ2n) is 6.57. The van der Waals surface area contributed by atoms with Crippen LogP contribution in [0.5, 0.6) is 5.75 Å². The van der Waals surface area contributed by atoms with Crippen molar-refractivity contribution in [2.75, 3.05) is 37.4 Å². The van der Waals surface area contributed by atoms with Gasteiger partial charge in [-0.15, -0.1) is 25.6 Å². The third kappa shape index (κ3) is 7.13. The highest BCUT2D eigenvalue weighted by Gasteiger charge is 2.31. The molecule has 1 heterocycles. The molecule has 31 heavy (non-hydrogen) atoms. The van der Waals surface area contributed by atoms with Gasteiger partial charge in [-0.2, -0.15) is 0 Å². The highest BCUT2D eigenvalue weighted by Crippen LogP contribution is 2.33. The van der Waals surface area contributed by atoms with Crippen LogP contribution in [0, 0.1) is 0 Å². The number of hydrogen-bond acceptors (Lipinski definition) is 5. The lowest BCUT2D eigenvalue weighted by molar-refractivity contribution is -0.274. The quantitative estimate of drug-likeness (QED) is 0.465. The number of anilines is 2. The Balaban J connectivity index is 0.00000341. The van der Waals surface area contributed by atoms with E-state index in [1.807, 2.05) is 19.0 Å². The fourth-order valence-corrected chi connectivity index (χ4v) is 3.76. The molecular weight excluding hydrogens is 476 g/mol. The highest BCUT2D eigenvalue weighted by molar-refractivity contribution is 7.22. The SMILES string of the molecule is CN(C)CCN(C(=O)Nc1cccc(Cl)c1)c1nc2ccc(OC(F)(F)F)cc2s1.Cl. The number of rotatable bonds is 6. The maximum atomic E-state index is 12.9. The second kappa shape index (κ2) is 10.4. The molecule has 12 heteroatoms. The van der Waals surface area contributed by atoms with E-state index in [-0.39, 0.29) is 18.2 Å². The number of thiazole rings is 1. The van der Waals surface area contributed by atoms with Gasteiger partial charge in [0.1, 0.15) is 5.75 Å². The summed E-state index contributed by atoms with van der Waals surface area (Å²) in [6.07, 6.45) is -4.78. The summed E-state index contributed by atoms with van der Waals surface area (Å²) in [6.45, 7) is 0.881. The molecule has 0 aliphatic rings. The molecule has 1 aromatic heterocycles. The summed E-state index contributed by atoms with van der Waals surface area (Å²) in [4.78, 5) is 20.7. The third-order valence-corrected chi connectivity index (χ3v) is 5.18. The average Bonchev–Trinajstić information content (AvgIpc) is 3.03. The van der Waals surface area contributed by atoms with Crippen molar-refractivity contribution < 1.29 is 22.7 Å². The van der Waals surface area contributed by atoms with Gasteiger partial charge in [-0.1, -0.05) is 29.0 Å². The van der Waals surface area contributed by atoms with E-state index in [0.29, 0.717) is 39.1 Å². The monoisotopic (exact) mass is 494 g/mol. The van der Waals surface area contributed by atoms with Crippen molar-refractivity contribution in [3.05, 3.63) is 47.5 Å². The molecule has 0 spiro atoms. The van der Waals surface area contributed by atoms with E-state index < -0.39 is 12.4 Å². The largest absolute Gasteiger partial charge is 0.573 e. The molecule has 2 aromatic carbocycles. The lowest BCUT2D eigenvalue weighted by Gasteiger charge is -2.22. The Hall–Kier alpha value is -2.27. The topological polar surface area (TPSA) is 57.7 Å². The van der Waals surface area contributed by atoms with Crippen LogP contribution in [0.2, 0.25) is 5.02 Å². The highest BCUT2D eigenvalue weighted by atomic mass is 35.5. The normalized spacial score (nSPS) is 11.3. The zero-order valence-electron chi connectivity index (χ0n) is 16.4. The first-order chi connectivity index (χ1) is 14.1. The van der Waals surface area contributed by atoms with Crippen molar-refractivity contribution in [3.8, 4) is 5.75 Å². The van der Waals surface area contributed by atoms with Gasteiger partial charge in [-0.3, -0.25) is 4.90 Å². The summed E-state index contributed by atoms with van der Waals surface area (Å²) in [7, 11) is 3.73. The molecule has 0 aliphatic carbocycles. The van der Waals surface area contributed by atoms with Gasteiger partial charge in [0.05, 0.1) is 10.2 Å². The van der Waals surface area contributed by atoms with Crippen LogP contribution >= 0.6 is 35.3 Å². The van der Waals surface area contributed by atoms with Crippen LogP contribution in [0.4, 0.5) is 28.8 Å². The van der Waals surface area contributed by atoms with Gasteiger partial charge >= 0.3 is 12.4 Å². The van der Waals surface area contributed by atoms with E-state index >= 15 is 0 Å². The Bertz CT molecular complexity index is 1050. The molecule has 0 fully saturated rings. The fourth-order valence-electron chi connectivity index (χ4n) is 2.55. The molecule has 6 nitrogen and oxygen atoms in total. The van der Waals surface area contributed by atoms with Gasteiger partial charge in [0.25, 0.3) is 0 Å². The van der Waals surface area contributed by atoms with Crippen molar-refractivity contribution in [1.82, 2.24) is 9.88 Å². The second-order valence-corrected chi connectivity index (χ2v) is 8.01. The van der Waals surface area contributed by atoms with Gasteiger partial charge in [0, 0.05) is 29.9 Å². The number of hydrogen-bond donors (Lipinski definition) is 1. The van der Waals surface area contributed by atoms with Gasteiger partial charge in [-0.25, -0.2) is 9.78 Å². The zero-order valence-corrected chi connectivity index (χ0v) is 18.8. The first-order valence-corrected chi connectivity index (χ1v) is 9.95. The van der Waals surface area contributed by atoms with Crippen molar-refractivity contribution >= 4 is 62.4 Å². The Morgan fingerprint density at radius 3 is 2.58 bits per heavy atom. The van der Waals surface area contributed by atoms with Crippen LogP contribution in [0.15, 0.2) is 42.5 Å². The summed E-state index contributed by atoms with van der Waals surface area (Å²) >= 11 is 7.07. The molecular formula is C19H19Cl2F3N4O2S. The van der Waals surface area contributed by atoms with Crippen molar-refractivity contribution in [2.45, 2.75) is 6.36 Å². The number of carbonyl (C=O) groups excluding carboxylic acids is 1. The van der Waals surface area contributed by atoms with Gasteiger partial charge in [-0.05, 0) is 44.4 Å². The number of halogens is 5. The average molecular weight is 495 g/mol. The number of nitrogens with zero attached hydrogens (tertiary/aromatic N) is 3. The predicted octanol–water partition coefficient (Wildman–Crippen LogP) is 5.87. The number of urea groups is 1. The molecule has 3 aromatic rings. The Kier molecular flexibility index (Phi) is 8.35. The van der Waals surface area contributed by atoms with Crippen LogP contribution in [-0.4, -0.2) is 49.5 Å². The number of benzene rings is 2. The van der Waals surface area contributed by atoms with E-state index in [2.05, 4.69) is 15.0 Å². The smallest absolute Gasteiger partial charge is 0.406 e. The fraction of sp³-hybridized carbons (Fsp3) is 0.263. The molecule has 0 radical (unpaired) electrons. The number of carbonyl (C=O) groups is 1. The van der Waals surface area contributed by atoms with Crippen molar-refractivity contribution in [2.24, 2.45) is 0 Å². The zero-order chi connectivity index (χ0) is 21.9. The number of likely N-dealkylation sites (N-methyl/N-ethyl adjacent to an activating group) is 1. The summed E-state index contributed by atoms with van der Waals surface area (Å²) in [6, 6.07) is 10.2. The lowest BCUT2D eigenvalue weighted by Crippen LogP contribution is -2.39. The molecule has 3 rings (SSSR count). The number of alkyl halides is 3. The Morgan fingerprint density at radius 2 is 1.94 bits per heavy atom. The maximum Gasteiger partial charge on any atom is 0.573 e. The number of ether oxygens (including phenoxy) is 1. The lowest BCUT2D eigenvalue weighted by atomic mass is 10.3. The first-order valence-electron chi connectivity index (χ1n) is 8.76. The minimum atomic E-state index is -4.78. The standard InChI is InChI=1S/C19H18ClF3N4O2S.ClH/c1-26(2)8-9-27(17(28)24-13-5-3-4-12(20)10-13)18-25-15-7-6-14(11-16(15)30-18)29-19(21,22)23;/h3-7,10-11H,8-9H2,1-2H3,(H,24,28);1H. The molecule has 0 aliphatic heterocycles. The number of fused-ring (bicyclic) bond motifs is 1. The summed E-state index contributed by atoms with van der Waals surface area (Å²) in [5.41, 5.74) is 0.985. The molecule has 0 saturated heterocycles. The van der Waals surface area contributed by atoms with E-state index in [1.165, 1.54) is 23.1 Å². The van der Waals surface area contributed by atoms with Gasteiger partial charge in [0.15, 0.2) is 5.13 Å². The minimum absolute atomic E-state index is 0. The van der Waals surface area contributed by atoms with Crippen LogP contribution < -0.4 is 15.0 Å². The van der Waals surface area contributed by atoms with Gasteiger partial charge < -0.3 is 15.0 Å².